The number of hydrogen-bond donors (Lipinski definition) is 8. The summed E-state index contributed by atoms with van der Waals surface area (Å²) in [7, 11) is 0. The zero-order valence-electron chi connectivity index (χ0n) is 14.4. The number of thioether (sulfide) groups is 2. The van der Waals surface area contributed by atoms with Crippen molar-refractivity contribution >= 4 is 41.4 Å². The van der Waals surface area contributed by atoms with Gasteiger partial charge in [-0.1, -0.05) is 0 Å². The Bertz CT molecular complexity index is 761. The van der Waals surface area contributed by atoms with Gasteiger partial charge in [0.15, 0.2) is 11.5 Å². The number of hydrogen-bond acceptors (Lipinski definition) is 10. The van der Waals surface area contributed by atoms with Gasteiger partial charge in [-0.3, -0.25) is 14.4 Å². The topological polar surface area (TPSA) is 230 Å². The van der Waals surface area contributed by atoms with Gasteiger partial charge in [-0.25, -0.2) is 0 Å². The Balaban J connectivity index is 3.33. The maximum atomic E-state index is 11.1. The van der Waals surface area contributed by atoms with Crippen LogP contribution in [0.25, 0.3) is 0 Å². The second-order valence-electron chi connectivity index (χ2n) is 5.71. The second-order valence-corrected chi connectivity index (χ2v) is 7.80. The number of rotatable bonds is 11. The maximum Gasteiger partial charge on any atom is 0.321 e. The Morgan fingerprint density at radius 3 is 1.79 bits per heavy atom. The molecule has 0 aromatic heterocycles. The molecule has 0 radical (unpaired) electrons. The normalized spacial score (nSPS) is 14.2. The van der Waals surface area contributed by atoms with Gasteiger partial charge in [-0.05, 0) is 11.6 Å². The van der Waals surface area contributed by atoms with Gasteiger partial charge >= 0.3 is 17.9 Å². The first-order valence-electron chi connectivity index (χ1n) is 7.74. The number of aromatic hydroxyl groups is 2. The molecule has 0 saturated carbocycles. The van der Waals surface area contributed by atoms with Crippen LogP contribution in [-0.2, 0) is 20.8 Å². The highest BCUT2D eigenvalue weighted by molar-refractivity contribution is 8.00. The number of phenols is 2. The van der Waals surface area contributed by atoms with E-state index in [0.717, 1.165) is 29.6 Å². The summed E-state index contributed by atoms with van der Waals surface area (Å²) in [5.41, 5.74) is 16.7. The van der Waals surface area contributed by atoms with E-state index in [9.17, 15) is 24.6 Å². The van der Waals surface area contributed by atoms with Crippen LogP contribution in [0.2, 0.25) is 0 Å². The zero-order chi connectivity index (χ0) is 21.6. The van der Waals surface area contributed by atoms with Crippen LogP contribution in [-0.4, -0.2) is 73.1 Å². The monoisotopic (exact) mass is 435 g/mol. The zero-order valence-corrected chi connectivity index (χ0v) is 16.1. The van der Waals surface area contributed by atoms with E-state index in [1.165, 1.54) is 0 Å². The predicted octanol–water partition coefficient (Wildman–Crippen LogP) is -0.940. The molecule has 11 N–H and O–H groups in total. The predicted molar refractivity (Wildman–Crippen MR) is 102 cm³/mol. The lowest BCUT2D eigenvalue weighted by Crippen LogP contribution is -2.34. The van der Waals surface area contributed by atoms with Crippen molar-refractivity contribution in [2.45, 2.75) is 34.3 Å². The molecule has 0 amide bonds. The van der Waals surface area contributed by atoms with Crippen molar-refractivity contribution in [3.63, 3.8) is 0 Å². The summed E-state index contributed by atoms with van der Waals surface area (Å²) >= 11 is 1.74. The van der Waals surface area contributed by atoms with E-state index in [1.807, 2.05) is 0 Å². The lowest BCUT2D eigenvalue weighted by atomic mass is 10.1. The molecule has 11 nitrogen and oxygen atoms in total. The Labute approximate surface area is 167 Å². The van der Waals surface area contributed by atoms with Crippen molar-refractivity contribution < 1.29 is 39.9 Å². The Hall–Kier alpha value is -2.19. The Kier molecular flexibility index (Phi) is 8.84. The van der Waals surface area contributed by atoms with Crippen molar-refractivity contribution in [2.24, 2.45) is 17.2 Å². The average molecular weight is 435 g/mol. The molecule has 0 aliphatic carbocycles. The van der Waals surface area contributed by atoms with Crippen molar-refractivity contribution in [2.75, 3.05) is 11.5 Å². The Morgan fingerprint density at radius 2 is 1.32 bits per heavy atom. The van der Waals surface area contributed by atoms with Crippen molar-refractivity contribution in [3.05, 3.63) is 11.6 Å². The fourth-order valence-electron chi connectivity index (χ4n) is 1.93. The van der Waals surface area contributed by atoms with Crippen LogP contribution >= 0.6 is 23.5 Å². The highest BCUT2D eigenvalue weighted by Crippen LogP contribution is 2.44. The minimum atomic E-state index is -1.36. The SMILES string of the molecule is NC(CSc1cc(O)c(O)c(SCC(N)C(=O)O)c1C[C@H](N)C(=O)O)C(=O)O. The quantitative estimate of drug-likeness (QED) is 0.155. The number of carboxylic acid groups (broad SMARTS) is 3. The summed E-state index contributed by atoms with van der Waals surface area (Å²) in [6.07, 6.45) is -0.265. The lowest BCUT2D eigenvalue weighted by Gasteiger charge is -2.19. The molecular weight excluding hydrogens is 414 g/mol. The van der Waals surface area contributed by atoms with E-state index < -0.39 is 47.5 Å². The first-order chi connectivity index (χ1) is 13.0. The number of benzene rings is 1. The molecule has 3 atom stereocenters. The molecule has 2 unspecified atom stereocenters. The molecule has 1 rings (SSSR count). The van der Waals surface area contributed by atoms with E-state index in [1.54, 1.807) is 0 Å². The fraction of sp³-hybridized carbons (Fsp3) is 0.400. The van der Waals surface area contributed by atoms with Crippen LogP contribution in [0.4, 0.5) is 0 Å². The summed E-state index contributed by atoms with van der Waals surface area (Å²) in [5.74, 6) is -5.26. The van der Waals surface area contributed by atoms with Gasteiger partial charge in [-0.15, -0.1) is 23.5 Å². The van der Waals surface area contributed by atoms with Crippen LogP contribution in [0.5, 0.6) is 11.5 Å². The molecule has 0 spiro atoms. The van der Waals surface area contributed by atoms with Crippen molar-refractivity contribution in [3.8, 4) is 11.5 Å². The van der Waals surface area contributed by atoms with Gasteiger partial charge in [0.05, 0.1) is 4.90 Å². The fourth-order valence-corrected chi connectivity index (χ4v) is 4.15. The molecule has 156 valence electrons. The number of nitrogens with two attached hydrogens (primary N) is 3. The minimum absolute atomic E-state index is 0.0137. The molecule has 1 aromatic carbocycles. The van der Waals surface area contributed by atoms with Gasteiger partial charge in [0.1, 0.15) is 18.1 Å². The van der Waals surface area contributed by atoms with Gasteiger partial charge in [0.2, 0.25) is 0 Å². The highest BCUT2D eigenvalue weighted by Gasteiger charge is 2.25. The van der Waals surface area contributed by atoms with E-state index in [2.05, 4.69) is 0 Å². The number of aliphatic carboxylic acids is 3. The smallest absolute Gasteiger partial charge is 0.321 e. The standard InChI is InChI=1S/C15H21N3O8S2/c16-6(13(21)22)1-5-10(27-3-7(17)14(23)24)2-9(19)11(20)12(5)28-4-8(18)15(25)26/h2,6-8,19-20H,1,3-4,16-18H2,(H,21,22)(H,23,24)(H,25,26)/t6-,7?,8?/m0/s1. The number of carbonyl (C=O) groups is 3. The molecule has 0 heterocycles. The summed E-state index contributed by atoms with van der Waals surface area (Å²) in [6.45, 7) is 0. The van der Waals surface area contributed by atoms with Crippen LogP contribution in [0.1, 0.15) is 5.56 Å². The second kappa shape index (κ2) is 10.4. The van der Waals surface area contributed by atoms with Crippen LogP contribution in [0.15, 0.2) is 15.9 Å². The van der Waals surface area contributed by atoms with Crippen LogP contribution in [0, 0.1) is 0 Å². The van der Waals surface area contributed by atoms with E-state index in [-0.39, 0.29) is 33.3 Å². The molecule has 28 heavy (non-hydrogen) atoms. The third kappa shape index (κ3) is 6.45. The maximum absolute atomic E-state index is 11.1. The van der Waals surface area contributed by atoms with Gasteiger partial charge in [0, 0.05) is 22.8 Å². The number of carboxylic acids is 3. The highest BCUT2D eigenvalue weighted by atomic mass is 32.2. The first kappa shape index (κ1) is 23.8. The average Bonchev–Trinajstić information content (AvgIpc) is 2.61. The summed E-state index contributed by atoms with van der Waals surface area (Å²) in [5, 5.41) is 47.1. The molecule has 13 heteroatoms. The molecule has 0 saturated heterocycles. The van der Waals surface area contributed by atoms with E-state index >= 15 is 0 Å². The van der Waals surface area contributed by atoms with Gasteiger partial charge < -0.3 is 42.7 Å². The molecule has 1 aromatic rings. The largest absolute Gasteiger partial charge is 0.504 e. The molecular formula is C15H21N3O8S2. The van der Waals surface area contributed by atoms with Gasteiger partial charge in [-0.2, -0.15) is 0 Å². The van der Waals surface area contributed by atoms with E-state index in [0.29, 0.717) is 0 Å². The third-order valence-corrected chi connectivity index (χ3v) is 5.95. The lowest BCUT2D eigenvalue weighted by molar-refractivity contribution is -0.139. The molecule has 0 fully saturated rings. The molecule has 0 bridgehead atoms. The molecule has 0 aliphatic heterocycles. The minimum Gasteiger partial charge on any atom is -0.504 e. The third-order valence-electron chi connectivity index (χ3n) is 3.50. The first-order valence-corrected chi connectivity index (χ1v) is 9.71. The van der Waals surface area contributed by atoms with Gasteiger partial charge in [0.25, 0.3) is 0 Å². The van der Waals surface area contributed by atoms with Crippen molar-refractivity contribution in [1.29, 1.82) is 0 Å². The Morgan fingerprint density at radius 1 is 0.857 bits per heavy atom. The van der Waals surface area contributed by atoms with Crippen molar-refractivity contribution in [1.82, 2.24) is 0 Å². The summed E-state index contributed by atoms with van der Waals surface area (Å²) in [4.78, 5) is 33.2. The number of phenolic OH excluding ortho intramolecular Hbond substituents is 2. The van der Waals surface area contributed by atoms with Crippen LogP contribution in [0.3, 0.4) is 0 Å². The molecule has 0 aliphatic rings. The van der Waals surface area contributed by atoms with E-state index in [4.69, 9.17) is 32.5 Å². The summed E-state index contributed by atoms with van der Waals surface area (Å²) < 4.78 is 0. The summed E-state index contributed by atoms with van der Waals surface area (Å²) in [6, 6.07) is -2.72. The van der Waals surface area contributed by atoms with Crippen LogP contribution < -0.4 is 17.2 Å².